The van der Waals surface area contributed by atoms with Crippen LogP contribution in [-0.4, -0.2) is 62.0 Å². The molecule has 4 rings (SSSR count). The van der Waals surface area contributed by atoms with Crippen molar-refractivity contribution in [2.45, 2.75) is 13.5 Å². The van der Waals surface area contributed by atoms with Gasteiger partial charge in [-0.05, 0) is 31.2 Å². The van der Waals surface area contributed by atoms with Gasteiger partial charge in [-0.2, -0.15) is 15.0 Å². The van der Waals surface area contributed by atoms with Crippen LogP contribution in [0.5, 0.6) is 0 Å². The molecule has 10 nitrogen and oxygen atoms in total. The summed E-state index contributed by atoms with van der Waals surface area (Å²) in [5.41, 5.74) is 7.14. The van der Waals surface area contributed by atoms with E-state index in [0.29, 0.717) is 55.9 Å². The summed E-state index contributed by atoms with van der Waals surface area (Å²) in [6.45, 7) is 4.67. The summed E-state index contributed by atoms with van der Waals surface area (Å²) in [7, 11) is 0. The number of rotatable bonds is 5. The highest BCUT2D eigenvalue weighted by Crippen LogP contribution is 2.16. The Labute approximate surface area is 171 Å². The smallest absolute Gasteiger partial charge is 0.292 e. The van der Waals surface area contributed by atoms with Crippen molar-refractivity contribution in [3.63, 3.8) is 0 Å². The Morgan fingerprint density at radius 2 is 1.90 bits per heavy atom. The molecule has 0 atom stereocenters. The topological polar surface area (TPSA) is 126 Å². The summed E-state index contributed by atoms with van der Waals surface area (Å²) in [6.07, 6.45) is 0. The van der Waals surface area contributed by atoms with E-state index in [2.05, 4.69) is 30.3 Å². The number of hydrogen-bond donors (Lipinski definition) is 2. The molecule has 0 unspecified atom stereocenters. The molecule has 3 aromatic rings. The van der Waals surface area contributed by atoms with Crippen molar-refractivity contribution >= 4 is 23.5 Å². The van der Waals surface area contributed by atoms with Crippen molar-refractivity contribution in [1.82, 2.24) is 29.9 Å². The van der Waals surface area contributed by atoms with Crippen molar-refractivity contribution in [2.75, 3.05) is 37.2 Å². The molecule has 0 bridgehead atoms. The number of nitrogens with zero attached hydrogens (tertiary/aromatic N) is 6. The molecule has 0 aliphatic carbocycles. The minimum absolute atomic E-state index is 0.0964. The molecular formula is C19H21FN8O2. The molecule has 3 heterocycles. The summed E-state index contributed by atoms with van der Waals surface area (Å²) in [4.78, 5) is 29.0. The van der Waals surface area contributed by atoms with Gasteiger partial charge in [-0.3, -0.25) is 9.69 Å². The van der Waals surface area contributed by atoms with E-state index in [-0.39, 0.29) is 23.4 Å². The third kappa shape index (κ3) is 4.69. The highest BCUT2D eigenvalue weighted by molar-refractivity contribution is 5.91. The fourth-order valence-corrected chi connectivity index (χ4v) is 3.16. The molecule has 1 saturated heterocycles. The van der Waals surface area contributed by atoms with Crippen LogP contribution in [0.3, 0.4) is 0 Å². The lowest BCUT2D eigenvalue weighted by Gasteiger charge is -2.33. The number of aromatic nitrogens is 4. The maximum absolute atomic E-state index is 13.1. The molecule has 156 valence electrons. The minimum Gasteiger partial charge on any atom is -0.368 e. The van der Waals surface area contributed by atoms with Gasteiger partial charge in [0.15, 0.2) is 0 Å². The van der Waals surface area contributed by atoms with Crippen molar-refractivity contribution < 1.29 is 13.7 Å². The number of anilines is 3. The molecule has 11 heteroatoms. The molecule has 1 amide bonds. The first-order valence-corrected chi connectivity index (χ1v) is 9.44. The molecule has 1 aliphatic rings. The zero-order valence-electron chi connectivity index (χ0n) is 16.4. The first kappa shape index (κ1) is 19.7. The van der Waals surface area contributed by atoms with Crippen LogP contribution in [0, 0.1) is 12.7 Å². The Balaban J connectivity index is 1.36. The molecule has 0 spiro atoms. The molecule has 1 aliphatic heterocycles. The highest BCUT2D eigenvalue weighted by Gasteiger charge is 2.25. The summed E-state index contributed by atoms with van der Waals surface area (Å²) >= 11 is 0. The van der Waals surface area contributed by atoms with Crippen LogP contribution in [0.2, 0.25) is 0 Å². The van der Waals surface area contributed by atoms with E-state index in [1.807, 2.05) is 0 Å². The summed E-state index contributed by atoms with van der Waals surface area (Å²) in [5.74, 6) is 0.663. The quantitative estimate of drug-likeness (QED) is 0.642. The summed E-state index contributed by atoms with van der Waals surface area (Å²) in [6, 6.07) is 7.49. The monoisotopic (exact) mass is 412 g/mol. The van der Waals surface area contributed by atoms with E-state index in [1.165, 1.54) is 12.1 Å². The van der Waals surface area contributed by atoms with Crippen LogP contribution in [0.25, 0.3) is 0 Å². The Morgan fingerprint density at radius 1 is 1.17 bits per heavy atom. The second kappa shape index (κ2) is 8.41. The lowest BCUT2D eigenvalue weighted by molar-refractivity contribution is 0.0586. The fourth-order valence-electron chi connectivity index (χ4n) is 3.16. The Morgan fingerprint density at radius 3 is 2.57 bits per heavy atom. The van der Waals surface area contributed by atoms with Gasteiger partial charge in [-0.25, -0.2) is 4.39 Å². The van der Waals surface area contributed by atoms with Crippen LogP contribution in [-0.2, 0) is 6.54 Å². The van der Waals surface area contributed by atoms with E-state index in [4.69, 9.17) is 10.3 Å². The average Bonchev–Trinajstić information content (AvgIpc) is 3.16. The maximum Gasteiger partial charge on any atom is 0.292 e. The third-order valence-electron chi connectivity index (χ3n) is 4.66. The van der Waals surface area contributed by atoms with E-state index in [9.17, 15) is 9.18 Å². The lowest BCUT2D eigenvalue weighted by atomic mass is 10.2. The van der Waals surface area contributed by atoms with Crippen LogP contribution in [0.4, 0.5) is 22.0 Å². The number of piperazine rings is 1. The number of carbonyl (C=O) groups excluding carboxylic acids is 1. The first-order valence-electron chi connectivity index (χ1n) is 9.44. The number of benzene rings is 1. The number of carbonyl (C=O) groups is 1. The van der Waals surface area contributed by atoms with Gasteiger partial charge in [-0.15, -0.1) is 0 Å². The molecule has 1 fully saturated rings. The lowest BCUT2D eigenvalue weighted by Crippen LogP contribution is -2.48. The number of hydrogen-bond acceptors (Lipinski definition) is 9. The molecule has 1 aromatic carbocycles. The van der Waals surface area contributed by atoms with Gasteiger partial charge in [0.05, 0.1) is 12.2 Å². The molecule has 0 saturated carbocycles. The van der Waals surface area contributed by atoms with E-state index in [0.717, 1.165) is 0 Å². The van der Waals surface area contributed by atoms with Gasteiger partial charge >= 0.3 is 0 Å². The van der Waals surface area contributed by atoms with E-state index >= 15 is 0 Å². The number of aryl methyl sites for hydroxylation is 1. The van der Waals surface area contributed by atoms with Gasteiger partial charge < -0.3 is 20.5 Å². The van der Waals surface area contributed by atoms with Crippen molar-refractivity contribution in [2.24, 2.45) is 0 Å². The van der Waals surface area contributed by atoms with Gasteiger partial charge in [0.25, 0.3) is 5.91 Å². The number of amides is 1. The van der Waals surface area contributed by atoms with Crippen LogP contribution in [0.1, 0.15) is 22.1 Å². The molecule has 3 N–H and O–H groups in total. The zero-order valence-corrected chi connectivity index (χ0v) is 16.4. The van der Waals surface area contributed by atoms with Gasteiger partial charge in [0.1, 0.15) is 11.6 Å². The third-order valence-corrected chi connectivity index (χ3v) is 4.66. The normalized spacial score (nSPS) is 14.7. The Bertz CT molecular complexity index is 1030. The van der Waals surface area contributed by atoms with Gasteiger partial charge in [0, 0.05) is 37.9 Å². The van der Waals surface area contributed by atoms with Crippen molar-refractivity contribution in [3.8, 4) is 0 Å². The second-order valence-corrected chi connectivity index (χ2v) is 6.97. The second-order valence-electron chi connectivity index (χ2n) is 6.97. The van der Waals surface area contributed by atoms with Crippen molar-refractivity contribution in [1.29, 1.82) is 0 Å². The maximum atomic E-state index is 13.1. The van der Waals surface area contributed by atoms with Crippen LogP contribution < -0.4 is 11.1 Å². The van der Waals surface area contributed by atoms with Gasteiger partial charge in [0.2, 0.25) is 17.7 Å². The molecular weight excluding hydrogens is 391 g/mol. The number of nitrogens with one attached hydrogen (secondary N) is 1. The molecule has 30 heavy (non-hydrogen) atoms. The van der Waals surface area contributed by atoms with Crippen LogP contribution >= 0.6 is 0 Å². The number of nitrogen functional groups attached to an aromatic ring is 1. The van der Waals surface area contributed by atoms with E-state index in [1.54, 1.807) is 30.0 Å². The van der Waals surface area contributed by atoms with Gasteiger partial charge in [-0.1, -0.05) is 5.16 Å². The summed E-state index contributed by atoms with van der Waals surface area (Å²) in [5, 5.41) is 6.76. The average molecular weight is 412 g/mol. The van der Waals surface area contributed by atoms with Crippen LogP contribution in [0.15, 0.2) is 34.9 Å². The first-order chi connectivity index (χ1) is 14.5. The highest BCUT2D eigenvalue weighted by atomic mass is 19.1. The van der Waals surface area contributed by atoms with Crippen molar-refractivity contribution in [3.05, 3.63) is 53.4 Å². The minimum atomic E-state index is -0.326. The number of nitrogens with two attached hydrogens (primary N) is 1. The molecule has 2 aromatic heterocycles. The largest absolute Gasteiger partial charge is 0.368 e. The molecule has 0 radical (unpaired) electrons. The number of halogens is 1. The standard InChI is InChI=1S/C19H21FN8O2/c1-12-10-15(30-26-12)17(29)28-8-6-27(7-9-28)11-16-23-18(21)25-19(24-16)22-14-4-2-13(20)3-5-14/h2-5,10H,6-9,11H2,1H3,(H3,21,22,23,24,25). The zero-order chi connectivity index (χ0) is 21.1. The van der Waals surface area contributed by atoms with E-state index < -0.39 is 0 Å². The fraction of sp³-hybridized carbons (Fsp3) is 0.316. The summed E-state index contributed by atoms with van der Waals surface area (Å²) < 4.78 is 18.1. The predicted molar refractivity (Wildman–Crippen MR) is 106 cm³/mol. The Kier molecular flexibility index (Phi) is 5.53. The predicted octanol–water partition coefficient (Wildman–Crippen LogP) is 1.59. The SMILES string of the molecule is Cc1cc(C(=O)N2CCN(Cc3nc(N)nc(Nc4ccc(F)cc4)n3)CC2)on1. The Hall–Kier alpha value is -3.60.